The third-order valence-electron chi connectivity index (χ3n) is 5.82. The molecule has 128 valence electrons. The zero-order valence-electron chi connectivity index (χ0n) is 14.7. The molecule has 0 amide bonds. The van der Waals surface area contributed by atoms with Crippen LogP contribution in [0.15, 0.2) is 54.6 Å². The van der Waals surface area contributed by atoms with E-state index < -0.39 is 0 Å². The molecule has 2 aliphatic heterocycles. The molecule has 0 aromatic heterocycles. The average molecular weight is 332 g/mol. The van der Waals surface area contributed by atoms with Crippen LogP contribution >= 0.6 is 0 Å². The smallest absolute Gasteiger partial charge is 0.180 e. The van der Waals surface area contributed by atoms with Gasteiger partial charge in [-0.15, -0.1) is 0 Å². The van der Waals surface area contributed by atoms with E-state index in [4.69, 9.17) is 4.74 Å². The van der Waals surface area contributed by atoms with Gasteiger partial charge >= 0.3 is 0 Å². The Labute approximate surface area is 149 Å². The largest absolute Gasteiger partial charge is 0.471 e. The minimum absolute atomic E-state index is 0.222. The molecule has 0 saturated heterocycles. The number of hydrogen-bond donors (Lipinski definition) is 1. The second kappa shape index (κ2) is 5.63. The first kappa shape index (κ1) is 15.0. The minimum atomic E-state index is -0.222. The SMILES string of the molecule is Cc1ccc(C2=C[C@@H]3c4ccccc4OC4(CCCCC4)N3N2)cc1. The fourth-order valence-electron chi connectivity index (χ4n) is 4.47. The summed E-state index contributed by atoms with van der Waals surface area (Å²) in [5, 5.41) is 2.38. The number of para-hydroxylation sites is 1. The van der Waals surface area contributed by atoms with Crippen molar-refractivity contribution in [2.75, 3.05) is 0 Å². The topological polar surface area (TPSA) is 24.5 Å². The quantitative estimate of drug-likeness (QED) is 0.799. The number of aryl methyl sites for hydroxylation is 1. The number of fused-ring (bicyclic) bond motifs is 4. The van der Waals surface area contributed by atoms with E-state index in [0.29, 0.717) is 0 Å². The first-order valence-corrected chi connectivity index (χ1v) is 9.38. The van der Waals surface area contributed by atoms with Crippen molar-refractivity contribution in [1.29, 1.82) is 0 Å². The Morgan fingerprint density at radius 2 is 1.76 bits per heavy atom. The van der Waals surface area contributed by atoms with Gasteiger partial charge in [-0.2, -0.15) is 5.01 Å². The van der Waals surface area contributed by atoms with E-state index in [1.807, 2.05) is 0 Å². The van der Waals surface area contributed by atoms with Gasteiger partial charge in [0.1, 0.15) is 5.75 Å². The van der Waals surface area contributed by atoms with Crippen LogP contribution in [-0.4, -0.2) is 10.7 Å². The summed E-state index contributed by atoms with van der Waals surface area (Å²) in [6.07, 6.45) is 8.30. The molecule has 25 heavy (non-hydrogen) atoms. The van der Waals surface area contributed by atoms with Crippen LogP contribution in [-0.2, 0) is 0 Å². The Balaban J connectivity index is 1.58. The molecule has 3 nitrogen and oxygen atoms in total. The molecule has 2 heterocycles. The summed E-state index contributed by atoms with van der Waals surface area (Å²) < 4.78 is 6.61. The van der Waals surface area contributed by atoms with Crippen molar-refractivity contribution in [3.05, 3.63) is 71.3 Å². The molecular formula is C22H24N2O. The lowest BCUT2D eigenvalue weighted by molar-refractivity contribution is -0.150. The Morgan fingerprint density at radius 1 is 1.00 bits per heavy atom. The van der Waals surface area contributed by atoms with E-state index in [9.17, 15) is 0 Å². The van der Waals surface area contributed by atoms with Crippen LogP contribution in [0.2, 0.25) is 0 Å². The molecular weight excluding hydrogens is 308 g/mol. The first-order chi connectivity index (χ1) is 12.3. The standard InChI is InChI=1S/C22H24N2O/c1-16-9-11-17(12-10-16)19-15-20-18-7-3-4-8-21(18)25-22(24(20)23-19)13-5-2-6-14-22/h3-4,7-12,15,20,23H,2,5-6,13-14H2,1H3/t20-/m1/s1. The summed E-state index contributed by atoms with van der Waals surface area (Å²) in [4.78, 5) is 0. The van der Waals surface area contributed by atoms with E-state index >= 15 is 0 Å². The molecule has 1 aliphatic carbocycles. The molecule has 1 spiro atoms. The van der Waals surface area contributed by atoms with Crippen molar-refractivity contribution in [2.24, 2.45) is 0 Å². The summed E-state index contributed by atoms with van der Waals surface area (Å²) in [5.41, 5.74) is 8.45. The molecule has 3 heteroatoms. The molecule has 1 N–H and O–H groups in total. The van der Waals surface area contributed by atoms with Gasteiger partial charge in [0.05, 0.1) is 11.7 Å². The van der Waals surface area contributed by atoms with Crippen LogP contribution in [0.4, 0.5) is 0 Å². The summed E-state index contributed by atoms with van der Waals surface area (Å²) in [7, 11) is 0. The lowest BCUT2D eigenvalue weighted by Gasteiger charge is -2.50. The van der Waals surface area contributed by atoms with Crippen molar-refractivity contribution in [3.63, 3.8) is 0 Å². The van der Waals surface area contributed by atoms with Crippen molar-refractivity contribution in [1.82, 2.24) is 10.4 Å². The van der Waals surface area contributed by atoms with Crippen LogP contribution < -0.4 is 10.2 Å². The normalized spacial score (nSPS) is 24.0. The molecule has 1 saturated carbocycles. The van der Waals surface area contributed by atoms with E-state index in [2.05, 4.69) is 72.0 Å². The van der Waals surface area contributed by atoms with Crippen LogP contribution in [0.5, 0.6) is 5.75 Å². The van der Waals surface area contributed by atoms with Crippen molar-refractivity contribution >= 4 is 5.70 Å². The summed E-state index contributed by atoms with van der Waals surface area (Å²) in [5.74, 6) is 1.05. The molecule has 5 rings (SSSR count). The van der Waals surface area contributed by atoms with E-state index in [0.717, 1.165) is 18.6 Å². The van der Waals surface area contributed by atoms with Crippen LogP contribution in [0, 0.1) is 6.92 Å². The summed E-state index contributed by atoms with van der Waals surface area (Å²) >= 11 is 0. The van der Waals surface area contributed by atoms with E-state index in [1.165, 1.54) is 41.6 Å². The fraction of sp³-hybridized carbons (Fsp3) is 0.364. The summed E-state index contributed by atoms with van der Waals surface area (Å²) in [6, 6.07) is 17.5. The third kappa shape index (κ3) is 2.37. The number of ether oxygens (including phenoxy) is 1. The number of benzene rings is 2. The van der Waals surface area contributed by atoms with Gasteiger partial charge in [0.25, 0.3) is 0 Å². The first-order valence-electron chi connectivity index (χ1n) is 9.38. The number of hydrogen-bond acceptors (Lipinski definition) is 3. The van der Waals surface area contributed by atoms with Gasteiger partial charge < -0.3 is 10.2 Å². The number of hydrazine groups is 1. The summed E-state index contributed by atoms with van der Waals surface area (Å²) in [6.45, 7) is 2.13. The lowest BCUT2D eigenvalue weighted by atomic mass is 9.87. The molecule has 0 unspecified atom stereocenters. The van der Waals surface area contributed by atoms with Gasteiger partial charge in [0, 0.05) is 18.4 Å². The highest BCUT2D eigenvalue weighted by molar-refractivity contribution is 5.67. The van der Waals surface area contributed by atoms with Gasteiger partial charge in [-0.05, 0) is 37.5 Å². The second-order valence-corrected chi connectivity index (χ2v) is 7.52. The Hall–Kier alpha value is -2.26. The third-order valence-corrected chi connectivity index (χ3v) is 5.82. The van der Waals surface area contributed by atoms with Gasteiger partial charge in [-0.25, -0.2) is 0 Å². The van der Waals surface area contributed by atoms with Crippen LogP contribution in [0.25, 0.3) is 5.70 Å². The Morgan fingerprint density at radius 3 is 2.56 bits per heavy atom. The van der Waals surface area contributed by atoms with Gasteiger partial charge in [-0.1, -0.05) is 54.4 Å². The Bertz CT molecular complexity index is 818. The monoisotopic (exact) mass is 332 g/mol. The maximum atomic E-state index is 6.61. The highest BCUT2D eigenvalue weighted by Gasteiger charge is 2.50. The zero-order valence-corrected chi connectivity index (χ0v) is 14.7. The maximum Gasteiger partial charge on any atom is 0.180 e. The van der Waals surface area contributed by atoms with Crippen LogP contribution in [0.1, 0.15) is 54.8 Å². The highest BCUT2D eigenvalue weighted by Crippen LogP contribution is 2.49. The molecule has 0 bridgehead atoms. The average Bonchev–Trinajstić information content (AvgIpc) is 3.10. The molecule has 1 atom stereocenters. The maximum absolute atomic E-state index is 6.61. The number of nitrogens with zero attached hydrogens (tertiary/aromatic N) is 1. The van der Waals surface area contributed by atoms with Crippen LogP contribution in [0.3, 0.4) is 0 Å². The van der Waals surface area contributed by atoms with E-state index in [-0.39, 0.29) is 11.8 Å². The minimum Gasteiger partial charge on any atom is -0.471 e. The zero-order chi connectivity index (χ0) is 16.9. The second-order valence-electron chi connectivity index (χ2n) is 7.52. The predicted octanol–water partition coefficient (Wildman–Crippen LogP) is 4.95. The lowest BCUT2D eigenvalue weighted by Crippen LogP contribution is -2.60. The highest BCUT2D eigenvalue weighted by atomic mass is 16.5. The van der Waals surface area contributed by atoms with Crippen molar-refractivity contribution < 1.29 is 4.74 Å². The fourth-order valence-corrected chi connectivity index (χ4v) is 4.47. The van der Waals surface area contributed by atoms with Crippen molar-refractivity contribution in [2.45, 2.75) is 50.8 Å². The molecule has 0 radical (unpaired) electrons. The molecule has 2 aromatic carbocycles. The Kier molecular flexibility index (Phi) is 3.39. The molecule has 3 aliphatic rings. The number of rotatable bonds is 1. The van der Waals surface area contributed by atoms with Crippen molar-refractivity contribution in [3.8, 4) is 5.75 Å². The van der Waals surface area contributed by atoms with E-state index in [1.54, 1.807) is 0 Å². The molecule has 1 fully saturated rings. The van der Waals surface area contributed by atoms with Gasteiger partial charge in [0.15, 0.2) is 5.72 Å². The van der Waals surface area contributed by atoms with Gasteiger partial charge in [0.2, 0.25) is 0 Å². The predicted molar refractivity (Wildman–Crippen MR) is 99.8 cm³/mol. The van der Waals surface area contributed by atoms with Gasteiger partial charge in [-0.3, -0.25) is 0 Å². The molecule has 2 aromatic rings. The number of nitrogens with one attached hydrogen (secondary N) is 1.